The topological polar surface area (TPSA) is 88.8 Å². The van der Waals surface area contributed by atoms with Crippen molar-refractivity contribution in [1.29, 1.82) is 0 Å². The summed E-state index contributed by atoms with van der Waals surface area (Å²) in [5.41, 5.74) is 1.31. The molecule has 4 rings (SSSR count). The molecule has 0 aliphatic carbocycles. The minimum atomic E-state index is -0.0166. The molecular weight excluding hydrogens is 370 g/mol. The Labute approximate surface area is 169 Å². The molecule has 1 saturated heterocycles. The Kier molecular flexibility index (Phi) is 5.28. The SMILES string of the molecule is Cc1nnc2c(N3CCN(C(=O)c4ccc(OCC(C)C)nc4)CC3)nccn12. The van der Waals surface area contributed by atoms with E-state index in [1.54, 1.807) is 24.5 Å². The molecule has 3 aromatic heterocycles. The smallest absolute Gasteiger partial charge is 0.255 e. The van der Waals surface area contributed by atoms with Crippen LogP contribution in [-0.4, -0.2) is 68.2 Å². The highest BCUT2D eigenvalue weighted by atomic mass is 16.5. The summed E-state index contributed by atoms with van der Waals surface area (Å²) in [6.07, 6.45) is 5.20. The van der Waals surface area contributed by atoms with Crippen molar-refractivity contribution >= 4 is 17.4 Å². The summed E-state index contributed by atoms with van der Waals surface area (Å²) in [6, 6.07) is 3.53. The predicted octanol–water partition coefficient (Wildman–Crippen LogP) is 1.82. The molecule has 0 radical (unpaired) electrons. The van der Waals surface area contributed by atoms with Crippen LogP contribution in [0.25, 0.3) is 5.65 Å². The van der Waals surface area contributed by atoms with Gasteiger partial charge in [-0.3, -0.25) is 9.20 Å². The van der Waals surface area contributed by atoms with Gasteiger partial charge in [-0.2, -0.15) is 0 Å². The van der Waals surface area contributed by atoms with Crippen molar-refractivity contribution in [1.82, 2.24) is 29.5 Å². The van der Waals surface area contributed by atoms with Crippen LogP contribution in [0.4, 0.5) is 5.82 Å². The fourth-order valence-corrected chi connectivity index (χ4v) is 3.30. The van der Waals surface area contributed by atoms with E-state index in [1.165, 1.54) is 0 Å². The summed E-state index contributed by atoms with van der Waals surface area (Å²) < 4.78 is 7.51. The van der Waals surface area contributed by atoms with E-state index in [0.29, 0.717) is 50.1 Å². The number of fused-ring (bicyclic) bond motifs is 1. The standard InChI is InChI=1S/C20H25N7O2/c1-14(2)13-29-17-5-4-16(12-22-17)20(28)26-10-8-25(9-11-26)18-19-24-23-15(3)27(19)7-6-21-18/h4-7,12,14H,8-11,13H2,1-3H3. The second kappa shape index (κ2) is 8.02. The Bertz CT molecular complexity index is 992. The van der Waals surface area contributed by atoms with Gasteiger partial charge < -0.3 is 14.5 Å². The van der Waals surface area contributed by atoms with Crippen molar-refractivity contribution in [3.8, 4) is 5.88 Å². The molecule has 1 aliphatic heterocycles. The Hall–Kier alpha value is -3.23. The van der Waals surface area contributed by atoms with Crippen molar-refractivity contribution in [3.63, 3.8) is 0 Å². The normalized spacial score (nSPS) is 14.6. The predicted molar refractivity (Wildman–Crippen MR) is 108 cm³/mol. The van der Waals surface area contributed by atoms with E-state index in [2.05, 4.69) is 38.9 Å². The summed E-state index contributed by atoms with van der Waals surface area (Å²) in [5, 5.41) is 8.37. The summed E-state index contributed by atoms with van der Waals surface area (Å²) >= 11 is 0. The molecule has 9 heteroatoms. The lowest BCUT2D eigenvalue weighted by molar-refractivity contribution is 0.0746. The number of nitrogens with zero attached hydrogens (tertiary/aromatic N) is 7. The molecule has 0 aromatic carbocycles. The van der Waals surface area contributed by atoms with Gasteiger partial charge in [0, 0.05) is 50.8 Å². The Morgan fingerprint density at radius 3 is 2.62 bits per heavy atom. The quantitative estimate of drug-likeness (QED) is 0.651. The van der Waals surface area contributed by atoms with Crippen LogP contribution in [0.3, 0.4) is 0 Å². The van der Waals surface area contributed by atoms with Crippen LogP contribution < -0.4 is 9.64 Å². The van der Waals surface area contributed by atoms with Crippen molar-refractivity contribution in [2.24, 2.45) is 5.92 Å². The van der Waals surface area contributed by atoms with E-state index in [-0.39, 0.29) is 5.91 Å². The first-order chi connectivity index (χ1) is 14.0. The largest absolute Gasteiger partial charge is 0.477 e. The number of carbonyl (C=O) groups excluding carboxylic acids is 1. The number of amides is 1. The molecule has 1 amide bonds. The maximum atomic E-state index is 12.8. The van der Waals surface area contributed by atoms with Gasteiger partial charge in [0.05, 0.1) is 12.2 Å². The van der Waals surface area contributed by atoms with E-state index in [1.807, 2.05) is 22.4 Å². The van der Waals surface area contributed by atoms with Gasteiger partial charge in [-0.1, -0.05) is 13.8 Å². The second-order valence-electron chi connectivity index (χ2n) is 7.56. The molecule has 0 N–H and O–H groups in total. The maximum absolute atomic E-state index is 12.8. The Morgan fingerprint density at radius 2 is 1.93 bits per heavy atom. The molecule has 0 spiro atoms. The van der Waals surface area contributed by atoms with Gasteiger partial charge in [0.25, 0.3) is 5.91 Å². The average molecular weight is 395 g/mol. The molecule has 152 valence electrons. The summed E-state index contributed by atoms with van der Waals surface area (Å²) in [4.78, 5) is 25.6. The molecule has 29 heavy (non-hydrogen) atoms. The van der Waals surface area contributed by atoms with E-state index in [0.717, 1.165) is 17.3 Å². The Balaban J connectivity index is 1.39. The number of anilines is 1. The van der Waals surface area contributed by atoms with Crippen LogP contribution in [0.1, 0.15) is 30.0 Å². The number of piperazine rings is 1. The van der Waals surface area contributed by atoms with Crippen LogP contribution in [0.2, 0.25) is 0 Å². The van der Waals surface area contributed by atoms with Gasteiger partial charge in [0.1, 0.15) is 5.82 Å². The summed E-state index contributed by atoms with van der Waals surface area (Å²) in [5.74, 6) is 2.58. The third kappa shape index (κ3) is 3.98. The van der Waals surface area contributed by atoms with E-state index >= 15 is 0 Å². The monoisotopic (exact) mass is 395 g/mol. The lowest BCUT2D eigenvalue weighted by atomic mass is 10.2. The summed E-state index contributed by atoms with van der Waals surface area (Å²) in [6.45, 7) is 9.28. The van der Waals surface area contributed by atoms with Gasteiger partial charge in [-0.25, -0.2) is 9.97 Å². The molecule has 0 saturated carbocycles. The molecule has 1 fully saturated rings. The number of hydrogen-bond donors (Lipinski definition) is 0. The van der Waals surface area contributed by atoms with E-state index in [9.17, 15) is 4.79 Å². The molecular formula is C20H25N7O2. The van der Waals surface area contributed by atoms with Crippen molar-refractivity contribution in [3.05, 3.63) is 42.1 Å². The van der Waals surface area contributed by atoms with Crippen molar-refractivity contribution in [2.45, 2.75) is 20.8 Å². The minimum absolute atomic E-state index is 0.0166. The van der Waals surface area contributed by atoms with Gasteiger partial charge >= 0.3 is 0 Å². The number of aromatic nitrogens is 5. The zero-order valence-corrected chi connectivity index (χ0v) is 16.9. The highest BCUT2D eigenvalue weighted by molar-refractivity contribution is 5.94. The molecule has 3 aromatic rings. The maximum Gasteiger partial charge on any atom is 0.255 e. The number of aryl methyl sites for hydroxylation is 1. The second-order valence-corrected chi connectivity index (χ2v) is 7.56. The third-order valence-electron chi connectivity index (χ3n) is 4.89. The Morgan fingerprint density at radius 1 is 1.14 bits per heavy atom. The number of rotatable bonds is 5. The molecule has 4 heterocycles. The molecule has 9 nitrogen and oxygen atoms in total. The first-order valence-electron chi connectivity index (χ1n) is 9.82. The first kappa shape index (κ1) is 19.1. The first-order valence-corrected chi connectivity index (χ1v) is 9.82. The average Bonchev–Trinajstić information content (AvgIpc) is 3.13. The third-order valence-corrected chi connectivity index (χ3v) is 4.89. The highest BCUT2D eigenvalue weighted by Crippen LogP contribution is 2.20. The van der Waals surface area contributed by atoms with Crippen molar-refractivity contribution in [2.75, 3.05) is 37.7 Å². The fraction of sp³-hybridized carbons (Fsp3) is 0.450. The number of pyridine rings is 1. The lowest BCUT2D eigenvalue weighted by Gasteiger charge is -2.35. The van der Waals surface area contributed by atoms with Crippen LogP contribution in [0.5, 0.6) is 5.88 Å². The van der Waals surface area contributed by atoms with Crippen LogP contribution in [0.15, 0.2) is 30.7 Å². The number of carbonyl (C=O) groups is 1. The van der Waals surface area contributed by atoms with Crippen LogP contribution in [0, 0.1) is 12.8 Å². The lowest BCUT2D eigenvalue weighted by Crippen LogP contribution is -2.49. The molecule has 1 aliphatic rings. The zero-order chi connectivity index (χ0) is 20.4. The van der Waals surface area contributed by atoms with Gasteiger partial charge in [0.2, 0.25) is 11.5 Å². The molecule has 0 bridgehead atoms. The molecule has 0 unspecified atom stereocenters. The van der Waals surface area contributed by atoms with Crippen LogP contribution in [-0.2, 0) is 0 Å². The van der Waals surface area contributed by atoms with Gasteiger partial charge in [0.15, 0.2) is 5.82 Å². The van der Waals surface area contributed by atoms with Gasteiger partial charge in [-0.15, -0.1) is 10.2 Å². The summed E-state index contributed by atoms with van der Waals surface area (Å²) in [7, 11) is 0. The van der Waals surface area contributed by atoms with Crippen LogP contribution >= 0.6 is 0 Å². The highest BCUT2D eigenvalue weighted by Gasteiger charge is 2.25. The zero-order valence-electron chi connectivity index (χ0n) is 16.9. The van der Waals surface area contributed by atoms with E-state index in [4.69, 9.17) is 4.74 Å². The van der Waals surface area contributed by atoms with Gasteiger partial charge in [-0.05, 0) is 18.9 Å². The minimum Gasteiger partial charge on any atom is -0.477 e. The number of ether oxygens (including phenoxy) is 1. The van der Waals surface area contributed by atoms with Crippen molar-refractivity contribution < 1.29 is 9.53 Å². The number of hydrogen-bond acceptors (Lipinski definition) is 7. The van der Waals surface area contributed by atoms with E-state index < -0.39 is 0 Å². The molecule has 0 atom stereocenters. The fourth-order valence-electron chi connectivity index (χ4n) is 3.30.